The van der Waals surface area contributed by atoms with Crippen molar-refractivity contribution in [3.63, 3.8) is 0 Å². The van der Waals surface area contributed by atoms with Crippen molar-refractivity contribution < 1.29 is 9.59 Å². The van der Waals surface area contributed by atoms with Crippen LogP contribution in [0, 0.1) is 17.3 Å². The summed E-state index contributed by atoms with van der Waals surface area (Å²) in [4.78, 5) is 29.9. The molecule has 1 amide bonds. The van der Waals surface area contributed by atoms with E-state index in [4.69, 9.17) is 0 Å². The predicted molar refractivity (Wildman–Crippen MR) is 143 cm³/mol. The molecule has 0 spiro atoms. The molecule has 0 aliphatic rings. The van der Waals surface area contributed by atoms with Gasteiger partial charge in [0.25, 0.3) is 5.91 Å². The van der Waals surface area contributed by atoms with Crippen LogP contribution in [0.1, 0.15) is 74.2 Å². The summed E-state index contributed by atoms with van der Waals surface area (Å²) >= 11 is 1.51. The van der Waals surface area contributed by atoms with Gasteiger partial charge in [-0.3, -0.25) is 14.5 Å². The molecule has 0 saturated heterocycles. The van der Waals surface area contributed by atoms with Crippen LogP contribution < -0.4 is 0 Å². The minimum absolute atomic E-state index is 0.000672. The van der Waals surface area contributed by atoms with Crippen LogP contribution in [-0.4, -0.2) is 47.2 Å². The summed E-state index contributed by atoms with van der Waals surface area (Å²) in [5, 5.41) is 3.75. The molecule has 1 aromatic heterocycles. The van der Waals surface area contributed by atoms with E-state index in [0.29, 0.717) is 11.1 Å². The summed E-state index contributed by atoms with van der Waals surface area (Å²) in [6, 6.07) is 9.62. The Kier molecular flexibility index (Phi) is 9.85. The summed E-state index contributed by atoms with van der Waals surface area (Å²) in [5.41, 5.74) is 1.83. The van der Waals surface area contributed by atoms with Gasteiger partial charge >= 0.3 is 0 Å². The number of allylic oxidation sites excluding steroid dienone is 1. The molecule has 0 N–H and O–H groups in total. The van der Waals surface area contributed by atoms with Gasteiger partial charge in [0.15, 0.2) is 5.78 Å². The predicted octanol–water partition coefficient (Wildman–Crippen LogP) is 6.30. The van der Waals surface area contributed by atoms with E-state index in [1.165, 1.54) is 11.3 Å². The lowest BCUT2D eigenvalue weighted by molar-refractivity contribution is 0.0592. The first-order valence-corrected chi connectivity index (χ1v) is 12.7. The van der Waals surface area contributed by atoms with Crippen LogP contribution in [0.4, 0.5) is 0 Å². The number of likely N-dealkylation sites (N-methyl/N-ethyl adjacent to an activating group) is 1. The first-order valence-electron chi connectivity index (χ1n) is 11.8. The van der Waals surface area contributed by atoms with E-state index >= 15 is 0 Å². The van der Waals surface area contributed by atoms with Gasteiger partial charge in [0.1, 0.15) is 0 Å². The van der Waals surface area contributed by atoms with Crippen LogP contribution in [0.3, 0.4) is 0 Å². The third-order valence-electron chi connectivity index (χ3n) is 5.69. The Morgan fingerprint density at radius 2 is 1.82 bits per heavy atom. The standard InChI is InChI=1S/C29H38N2O2S/c1-8-31(17-11-9-10-16-28(2,3)4)21-23-13-12-14-24(19-23)27(33)30(7)29(5,6)20-26(32)25-15-18-34-22-25/h9,11-15,18-19,22H,8,17,20-21H2,1-7H3/b11-9+. The van der Waals surface area contributed by atoms with E-state index in [-0.39, 0.29) is 23.5 Å². The quantitative estimate of drug-likeness (QED) is 0.297. The average Bonchev–Trinajstić information content (AvgIpc) is 3.31. The second-order valence-corrected chi connectivity index (χ2v) is 11.0. The molecule has 4 nitrogen and oxygen atoms in total. The van der Waals surface area contributed by atoms with Gasteiger partial charge in [-0.05, 0) is 76.4 Å². The maximum Gasteiger partial charge on any atom is 0.254 e. The van der Waals surface area contributed by atoms with Gasteiger partial charge in [0, 0.05) is 54.0 Å². The van der Waals surface area contributed by atoms with E-state index in [2.05, 4.69) is 50.5 Å². The van der Waals surface area contributed by atoms with Gasteiger partial charge in [0.05, 0.1) is 0 Å². The number of amides is 1. The van der Waals surface area contributed by atoms with Crippen LogP contribution in [-0.2, 0) is 6.54 Å². The highest BCUT2D eigenvalue weighted by molar-refractivity contribution is 7.08. The molecule has 0 radical (unpaired) electrons. The maximum absolute atomic E-state index is 13.3. The molecule has 0 atom stereocenters. The Labute approximate surface area is 209 Å². The average molecular weight is 479 g/mol. The van der Waals surface area contributed by atoms with Crippen LogP contribution >= 0.6 is 11.3 Å². The third-order valence-corrected chi connectivity index (χ3v) is 6.37. The van der Waals surface area contributed by atoms with Gasteiger partial charge in [-0.25, -0.2) is 0 Å². The van der Waals surface area contributed by atoms with Crippen molar-refractivity contribution in [1.29, 1.82) is 0 Å². The number of hydrogen-bond acceptors (Lipinski definition) is 4. The Hall–Kier alpha value is -2.68. The highest BCUT2D eigenvalue weighted by Crippen LogP contribution is 2.23. The lowest BCUT2D eigenvalue weighted by atomic mass is 9.93. The Bertz CT molecular complexity index is 1050. The summed E-state index contributed by atoms with van der Waals surface area (Å²) < 4.78 is 0. The van der Waals surface area contributed by atoms with Gasteiger partial charge < -0.3 is 4.90 Å². The number of Topliss-reactive ketones (excluding diaryl/α,β-unsaturated/α-hetero) is 1. The Morgan fingerprint density at radius 1 is 1.09 bits per heavy atom. The van der Waals surface area contributed by atoms with Crippen molar-refractivity contribution in [3.8, 4) is 11.8 Å². The molecule has 0 aliphatic heterocycles. The topological polar surface area (TPSA) is 40.6 Å². The first-order chi connectivity index (χ1) is 15.9. The second-order valence-electron chi connectivity index (χ2n) is 10.2. The zero-order valence-corrected chi connectivity index (χ0v) is 22.5. The number of thiophene rings is 1. The smallest absolute Gasteiger partial charge is 0.254 e. The molecule has 182 valence electrons. The molecule has 5 heteroatoms. The lowest BCUT2D eigenvalue weighted by Gasteiger charge is -2.35. The Morgan fingerprint density at radius 3 is 2.44 bits per heavy atom. The minimum Gasteiger partial charge on any atom is -0.336 e. The monoisotopic (exact) mass is 478 g/mol. The number of carbonyl (C=O) groups excluding carboxylic acids is 2. The summed E-state index contributed by atoms with van der Waals surface area (Å²) in [6.45, 7) is 14.7. The number of nitrogens with zero attached hydrogens (tertiary/aromatic N) is 2. The number of benzene rings is 1. The second kappa shape index (κ2) is 12.1. The fraction of sp³-hybridized carbons (Fsp3) is 0.448. The van der Waals surface area contributed by atoms with Gasteiger partial charge in [-0.2, -0.15) is 11.3 Å². The first kappa shape index (κ1) is 27.6. The molecule has 1 heterocycles. The molecule has 0 unspecified atom stereocenters. The van der Waals surface area contributed by atoms with E-state index in [1.54, 1.807) is 11.9 Å². The third kappa shape index (κ3) is 8.59. The summed E-state index contributed by atoms with van der Waals surface area (Å²) in [5.74, 6) is 6.29. The SMILES string of the molecule is CCN(C/C=C/C#CC(C)(C)C)Cc1cccc(C(=O)N(C)C(C)(C)CC(=O)c2ccsc2)c1. The van der Waals surface area contributed by atoms with E-state index in [9.17, 15) is 9.59 Å². The highest BCUT2D eigenvalue weighted by atomic mass is 32.1. The molecule has 0 aliphatic carbocycles. The molecule has 0 fully saturated rings. The van der Waals surface area contributed by atoms with Crippen molar-refractivity contribution in [2.45, 2.75) is 60.0 Å². The van der Waals surface area contributed by atoms with Crippen LogP contribution in [0.5, 0.6) is 0 Å². The van der Waals surface area contributed by atoms with E-state index in [0.717, 1.165) is 25.2 Å². The van der Waals surface area contributed by atoms with Gasteiger partial charge in [-0.1, -0.05) is 37.0 Å². The molecule has 0 bridgehead atoms. The highest BCUT2D eigenvalue weighted by Gasteiger charge is 2.31. The van der Waals surface area contributed by atoms with Gasteiger partial charge in [-0.15, -0.1) is 0 Å². The molecule has 2 aromatic rings. The van der Waals surface area contributed by atoms with Crippen molar-refractivity contribution >= 4 is 23.0 Å². The molecular weight excluding hydrogens is 440 g/mol. The number of hydrogen-bond donors (Lipinski definition) is 0. The van der Waals surface area contributed by atoms with Crippen LogP contribution in [0.25, 0.3) is 0 Å². The fourth-order valence-corrected chi connectivity index (χ4v) is 4.05. The van der Waals surface area contributed by atoms with Crippen molar-refractivity contribution in [2.75, 3.05) is 20.1 Å². The molecule has 2 rings (SSSR count). The number of rotatable bonds is 10. The molecule has 1 aromatic carbocycles. The molecule has 0 saturated carbocycles. The minimum atomic E-state index is -0.597. The normalized spacial score (nSPS) is 12.0. The van der Waals surface area contributed by atoms with E-state index < -0.39 is 5.54 Å². The number of ketones is 1. The Balaban J connectivity index is 2.04. The molecule has 34 heavy (non-hydrogen) atoms. The fourth-order valence-electron chi connectivity index (χ4n) is 3.39. The van der Waals surface area contributed by atoms with Crippen LogP contribution in [0.15, 0.2) is 53.2 Å². The van der Waals surface area contributed by atoms with Crippen molar-refractivity contribution in [3.05, 3.63) is 69.9 Å². The lowest BCUT2D eigenvalue weighted by Crippen LogP contribution is -2.46. The van der Waals surface area contributed by atoms with Crippen molar-refractivity contribution in [2.24, 2.45) is 5.41 Å². The summed E-state index contributed by atoms with van der Waals surface area (Å²) in [6.07, 6.45) is 4.28. The largest absolute Gasteiger partial charge is 0.336 e. The zero-order chi connectivity index (χ0) is 25.4. The zero-order valence-electron chi connectivity index (χ0n) is 21.6. The van der Waals surface area contributed by atoms with E-state index in [1.807, 2.05) is 61.0 Å². The van der Waals surface area contributed by atoms with Crippen LogP contribution in [0.2, 0.25) is 0 Å². The number of carbonyl (C=O) groups is 2. The molecular formula is C29H38N2O2S. The van der Waals surface area contributed by atoms with Gasteiger partial charge in [0.2, 0.25) is 0 Å². The summed E-state index contributed by atoms with van der Waals surface area (Å²) in [7, 11) is 1.78. The van der Waals surface area contributed by atoms with Crippen molar-refractivity contribution in [1.82, 2.24) is 9.80 Å². The maximum atomic E-state index is 13.3.